The number of para-hydroxylation sites is 2. The SMILES string of the molecule is O=C1CC(Oc2ccccc2[N+](=O)[O-])C12CCCCCC2. The van der Waals surface area contributed by atoms with Crippen LogP contribution in [0.25, 0.3) is 0 Å². The van der Waals surface area contributed by atoms with E-state index in [0.29, 0.717) is 6.42 Å². The molecule has 1 aromatic rings. The average Bonchev–Trinajstić information content (AvgIpc) is 2.75. The van der Waals surface area contributed by atoms with Gasteiger partial charge in [-0.25, -0.2) is 0 Å². The Labute approximate surface area is 123 Å². The van der Waals surface area contributed by atoms with Gasteiger partial charge in [-0.1, -0.05) is 37.8 Å². The van der Waals surface area contributed by atoms with Crippen molar-refractivity contribution in [2.45, 2.75) is 51.0 Å². The van der Waals surface area contributed by atoms with Crippen LogP contribution in [0.3, 0.4) is 0 Å². The predicted molar refractivity (Wildman–Crippen MR) is 77.3 cm³/mol. The van der Waals surface area contributed by atoms with Gasteiger partial charge in [-0.15, -0.1) is 0 Å². The Kier molecular flexibility index (Phi) is 3.66. The van der Waals surface area contributed by atoms with Crippen LogP contribution in [0.15, 0.2) is 24.3 Å². The maximum absolute atomic E-state index is 12.2. The molecule has 1 spiro atoms. The van der Waals surface area contributed by atoms with Crippen LogP contribution >= 0.6 is 0 Å². The number of hydrogen-bond acceptors (Lipinski definition) is 4. The van der Waals surface area contributed by atoms with Gasteiger partial charge in [0.05, 0.1) is 10.3 Å². The van der Waals surface area contributed by atoms with Gasteiger partial charge in [0.15, 0.2) is 5.75 Å². The molecule has 5 heteroatoms. The Balaban J connectivity index is 1.82. The molecule has 1 aromatic carbocycles. The van der Waals surface area contributed by atoms with Crippen LogP contribution < -0.4 is 4.74 Å². The van der Waals surface area contributed by atoms with Crippen LogP contribution in [-0.4, -0.2) is 16.8 Å². The van der Waals surface area contributed by atoms with Crippen molar-refractivity contribution in [2.75, 3.05) is 0 Å². The molecule has 5 nitrogen and oxygen atoms in total. The third-order valence-electron chi connectivity index (χ3n) is 4.87. The second-order valence-electron chi connectivity index (χ2n) is 6.03. The topological polar surface area (TPSA) is 69.4 Å². The number of nitrogens with zero attached hydrogens (tertiary/aromatic N) is 1. The number of hydrogen-bond donors (Lipinski definition) is 0. The summed E-state index contributed by atoms with van der Waals surface area (Å²) in [6.45, 7) is 0. The van der Waals surface area contributed by atoms with E-state index < -0.39 is 4.92 Å². The van der Waals surface area contributed by atoms with E-state index >= 15 is 0 Å². The van der Waals surface area contributed by atoms with Gasteiger partial charge in [0, 0.05) is 12.5 Å². The Morgan fingerprint density at radius 3 is 2.43 bits per heavy atom. The molecule has 0 heterocycles. The zero-order valence-electron chi connectivity index (χ0n) is 11.9. The molecule has 2 saturated carbocycles. The first kappa shape index (κ1) is 14.0. The summed E-state index contributed by atoms with van der Waals surface area (Å²) in [7, 11) is 0. The summed E-state index contributed by atoms with van der Waals surface area (Å²) in [5.41, 5.74) is -0.416. The van der Waals surface area contributed by atoms with E-state index in [0.717, 1.165) is 38.5 Å². The number of Topliss-reactive ketones (excluding diaryl/α,β-unsaturated/α-hetero) is 1. The van der Waals surface area contributed by atoms with Crippen molar-refractivity contribution >= 4 is 11.5 Å². The summed E-state index contributed by atoms with van der Waals surface area (Å²) >= 11 is 0. The number of ether oxygens (including phenoxy) is 1. The normalized spacial score (nSPS) is 24.2. The minimum absolute atomic E-state index is 0.0272. The largest absolute Gasteiger partial charge is 0.482 e. The lowest BCUT2D eigenvalue weighted by Crippen LogP contribution is -2.56. The summed E-state index contributed by atoms with van der Waals surface area (Å²) in [4.78, 5) is 22.8. The fourth-order valence-corrected chi connectivity index (χ4v) is 3.59. The van der Waals surface area contributed by atoms with Crippen molar-refractivity contribution in [1.29, 1.82) is 0 Å². The molecular formula is C16H19NO4. The lowest BCUT2D eigenvalue weighted by molar-refractivity contribution is -0.386. The van der Waals surface area contributed by atoms with Crippen molar-refractivity contribution in [1.82, 2.24) is 0 Å². The zero-order valence-corrected chi connectivity index (χ0v) is 11.9. The molecule has 2 aliphatic carbocycles. The van der Waals surface area contributed by atoms with Gasteiger partial charge >= 0.3 is 5.69 Å². The molecule has 0 bridgehead atoms. The number of nitro benzene ring substituents is 1. The highest BCUT2D eigenvalue weighted by molar-refractivity contribution is 5.92. The number of rotatable bonds is 3. The van der Waals surface area contributed by atoms with Crippen molar-refractivity contribution in [2.24, 2.45) is 5.41 Å². The summed E-state index contributed by atoms with van der Waals surface area (Å²) in [6.07, 6.45) is 6.30. The minimum atomic E-state index is -0.435. The van der Waals surface area contributed by atoms with Crippen molar-refractivity contribution in [3.63, 3.8) is 0 Å². The molecular weight excluding hydrogens is 270 g/mol. The highest BCUT2D eigenvalue weighted by Gasteiger charge is 2.56. The van der Waals surface area contributed by atoms with Crippen molar-refractivity contribution < 1.29 is 14.5 Å². The third-order valence-corrected chi connectivity index (χ3v) is 4.87. The first-order valence-corrected chi connectivity index (χ1v) is 7.57. The minimum Gasteiger partial charge on any atom is -0.482 e. The van der Waals surface area contributed by atoms with Crippen molar-refractivity contribution in [3.05, 3.63) is 34.4 Å². The van der Waals surface area contributed by atoms with E-state index in [9.17, 15) is 14.9 Å². The number of carbonyl (C=O) groups is 1. The standard InChI is InChI=1S/C16H19NO4/c18-14-11-15(16(14)9-5-1-2-6-10-16)21-13-8-4-3-7-12(13)17(19)20/h3-4,7-8,15H,1-2,5-6,9-11H2. The molecule has 0 saturated heterocycles. The highest BCUT2D eigenvalue weighted by Crippen LogP contribution is 2.50. The van der Waals surface area contributed by atoms with Crippen LogP contribution in [0.1, 0.15) is 44.9 Å². The van der Waals surface area contributed by atoms with Gasteiger partial charge in [-0.05, 0) is 18.9 Å². The van der Waals surface area contributed by atoms with E-state index in [-0.39, 0.29) is 28.7 Å². The Hall–Kier alpha value is -1.91. The molecule has 3 rings (SSSR count). The molecule has 2 fully saturated rings. The second-order valence-corrected chi connectivity index (χ2v) is 6.03. The Morgan fingerprint density at radius 2 is 1.81 bits per heavy atom. The van der Waals surface area contributed by atoms with E-state index in [1.54, 1.807) is 18.2 Å². The monoisotopic (exact) mass is 289 g/mol. The van der Waals surface area contributed by atoms with Crippen molar-refractivity contribution in [3.8, 4) is 5.75 Å². The quantitative estimate of drug-likeness (QED) is 0.629. The lowest BCUT2D eigenvalue weighted by Gasteiger charge is -2.46. The maximum Gasteiger partial charge on any atom is 0.310 e. The fourth-order valence-electron chi connectivity index (χ4n) is 3.59. The average molecular weight is 289 g/mol. The van der Waals surface area contributed by atoms with Crippen LogP contribution in [0.5, 0.6) is 5.75 Å². The third kappa shape index (κ3) is 2.41. The number of carbonyl (C=O) groups excluding carboxylic acids is 1. The first-order valence-electron chi connectivity index (χ1n) is 7.57. The van der Waals surface area contributed by atoms with Crippen LogP contribution in [0, 0.1) is 15.5 Å². The lowest BCUT2D eigenvalue weighted by atomic mass is 9.60. The van der Waals surface area contributed by atoms with E-state index in [2.05, 4.69) is 0 Å². The Morgan fingerprint density at radius 1 is 1.14 bits per heavy atom. The molecule has 0 amide bonds. The molecule has 0 aromatic heterocycles. The molecule has 0 N–H and O–H groups in total. The van der Waals surface area contributed by atoms with Gasteiger partial charge in [-0.2, -0.15) is 0 Å². The van der Waals surface area contributed by atoms with Crippen LogP contribution in [-0.2, 0) is 4.79 Å². The molecule has 0 radical (unpaired) electrons. The number of ketones is 1. The highest BCUT2D eigenvalue weighted by atomic mass is 16.6. The molecule has 112 valence electrons. The van der Waals surface area contributed by atoms with Gasteiger partial charge in [0.2, 0.25) is 0 Å². The Bertz CT molecular complexity index is 561. The predicted octanol–water partition coefficient (Wildman–Crippen LogP) is 3.66. The van der Waals surface area contributed by atoms with Gasteiger partial charge < -0.3 is 4.74 Å². The summed E-state index contributed by atoms with van der Waals surface area (Å²) in [6, 6.07) is 6.40. The first-order chi connectivity index (χ1) is 10.1. The van der Waals surface area contributed by atoms with Crippen LogP contribution in [0.4, 0.5) is 5.69 Å². The van der Waals surface area contributed by atoms with Gasteiger partial charge in [-0.3, -0.25) is 14.9 Å². The van der Waals surface area contributed by atoms with E-state index in [1.807, 2.05) is 0 Å². The smallest absolute Gasteiger partial charge is 0.310 e. The molecule has 2 aliphatic rings. The maximum atomic E-state index is 12.2. The summed E-state index contributed by atoms with van der Waals surface area (Å²) < 4.78 is 5.90. The number of benzene rings is 1. The van der Waals surface area contributed by atoms with E-state index in [4.69, 9.17) is 4.74 Å². The number of nitro groups is 1. The second kappa shape index (κ2) is 5.47. The van der Waals surface area contributed by atoms with Gasteiger partial charge in [0.25, 0.3) is 0 Å². The summed E-state index contributed by atoms with van der Waals surface area (Å²) in [5.74, 6) is 0.552. The zero-order chi connectivity index (χ0) is 14.9. The fraction of sp³-hybridized carbons (Fsp3) is 0.562. The van der Waals surface area contributed by atoms with Gasteiger partial charge in [0.1, 0.15) is 11.9 Å². The molecule has 21 heavy (non-hydrogen) atoms. The van der Waals surface area contributed by atoms with Crippen LogP contribution in [0.2, 0.25) is 0 Å². The molecule has 0 aliphatic heterocycles. The molecule has 1 unspecified atom stereocenters. The van der Waals surface area contributed by atoms with E-state index in [1.165, 1.54) is 6.07 Å². The summed E-state index contributed by atoms with van der Waals surface area (Å²) in [5, 5.41) is 11.1. The molecule has 1 atom stereocenters.